The Morgan fingerprint density at radius 2 is 2.00 bits per heavy atom. The van der Waals surface area contributed by atoms with Crippen LogP contribution in [0.1, 0.15) is 35.5 Å². The molecule has 0 aliphatic rings. The number of nitrogens with one attached hydrogen (secondary N) is 1. The van der Waals surface area contributed by atoms with E-state index >= 15 is 0 Å². The Hall–Kier alpha value is -1.03. The van der Waals surface area contributed by atoms with Crippen LogP contribution in [0.5, 0.6) is 0 Å². The van der Waals surface area contributed by atoms with Crippen molar-refractivity contribution >= 4 is 23.2 Å². The molecular formula is C14H16Cl2N2O. The van der Waals surface area contributed by atoms with Crippen LogP contribution in [-0.4, -0.2) is 5.16 Å². The molecule has 1 heterocycles. The molecule has 0 saturated heterocycles. The Kier molecular flexibility index (Phi) is 4.50. The van der Waals surface area contributed by atoms with E-state index in [1.165, 1.54) is 0 Å². The van der Waals surface area contributed by atoms with E-state index in [0.717, 1.165) is 22.6 Å². The maximum atomic E-state index is 5.99. The van der Waals surface area contributed by atoms with Gasteiger partial charge in [-0.15, -0.1) is 0 Å². The minimum Gasteiger partial charge on any atom is -0.361 e. The Morgan fingerprint density at radius 1 is 1.26 bits per heavy atom. The van der Waals surface area contributed by atoms with E-state index in [2.05, 4.69) is 17.4 Å². The second kappa shape index (κ2) is 5.95. The number of aryl methyl sites for hydroxylation is 2. The van der Waals surface area contributed by atoms with Gasteiger partial charge in [0.2, 0.25) is 0 Å². The van der Waals surface area contributed by atoms with E-state index in [0.29, 0.717) is 16.6 Å². The highest BCUT2D eigenvalue weighted by Gasteiger charge is 2.15. The molecule has 0 aliphatic carbocycles. The summed E-state index contributed by atoms with van der Waals surface area (Å²) in [6, 6.07) is 5.81. The van der Waals surface area contributed by atoms with Crippen molar-refractivity contribution in [3.63, 3.8) is 0 Å². The van der Waals surface area contributed by atoms with E-state index < -0.39 is 0 Å². The lowest BCUT2D eigenvalue weighted by atomic mass is 10.1. The first-order chi connectivity index (χ1) is 8.99. The predicted octanol–water partition coefficient (Wildman–Crippen LogP) is 4.45. The first-order valence-electron chi connectivity index (χ1n) is 6.09. The Bertz CT molecular complexity index is 561. The van der Waals surface area contributed by atoms with Crippen LogP contribution in [-0.2, 0) is 6.54 Å². The van der Waals surface area contributed by atoms with Gasteiger partial charge in [-0.3, -0.25) is 0 Å². The van der Waals surface area contributed by atoms with Crippen molar-refractivity contribution in [2.75, 3.05) is 0 Å². The normalized spacial score (nSPS) is 12.7. The van der Waals surface area contributed by atoms with Crippen molar-refractivity contribution < 1.29 is 4.52 Å². The second-order valence-electron chi connectivity index (χ2n) is 4.59. The van der Waals surface area contributed by atoms with Crippen molar-refractivity contribution in [3.8, 4) is 0 Å². The van der Waals surface area contributed by atoms with Crippen LogP contribution in [0.25, 0.3) is 0 Å². The SMILES string of the molecule is Cc1noc(C)c1C(C)NCc1ccc(Cl)c(Cl)c1. The molecule has 5 heteroatoms. The van der Waals surface area contributed by atoms with Gasteiger partial charge in [-0.25, -0.2) is 0 Å². The quantitative estimate of drug-likeness (QED) is 0.906. The summed E-state index contributed by atoms with van der Waals surface area (Å²) in [5.41, 5.74) is 3.12. The molecule has 2 rings (SSSR count). The van der Waals surface area contributed by atoms with Crippen LogP contribution in [0.15, 0.2) is 22.7 Å². The third-order valence-electron chi connectivity index (χ3n) is 3.12. The van der Waals surface area contributed by atoms with Crippen molar-refractivity contribution in [3.05, 3.63) is 50.8 Å². The summed E-state index contributed by atoms with van der Waals surface area (Å²) in [6.07, 6.45) is 0. The van der Waals surface area contributed by atoms with E-state index in [1.54, 1.807) is 0 Å². The topological polar surface area (TPSA) is 38.1 Å². The summed E-state index contributed by atoms with van der Waals surface area (Å²) in [4.78, 5) is 0. The van der Waals surface area contributed by atoms with Crippen LogP contribution < -0.4 is 5.32 Å². The van der Waals surface area contributed by atoms with E-state index in [9.17, 15) is 0 Å². The molecular weight excluding hydrogens is 283 g/mol. The van der Waals surface area contributed by atoms with Crippen molar-refractivity contribution in [2.45, 2.75) is 33.4 Å². The molecule has 0 spiro atoms. The fourth-order valence-corrected chi connectivity index (χ4v) is 2.45. The van der Waals surface area contributed by atoms with Crippen LogP contribution in [0, 0.1) is 13.8 Å². The standard InChI is InChI=1S/C14H16Cl2N2O/c1-8(14-9(2)18-19-10(14)3)17-7-11-4-5-12(15)13(16)6-11/h4-6,8,17H,7H2,1-3H3. The Labute approximate surface area is 122 Å². The predicted molar refractivity (Wildman–Crippen MR) is 77.7 cm³/mol. The molecule has 0 radical (unpaired) electrons. The molecule has 0 bridgehead atoms. The summed E-state index contributed by atoms with van der Waals surface area (Å²) >= 11 is 11.9. The van der Waals surface area contributed by atoms with E-state index in [4.69, 9.17) is 27.7 Å². The first-order valence-corrected chi connectivity index (χ1v) is 6.84. The maximum absolute atomic E-state index is 5.99. The number of aromatic nitrogens is 1. The third-order valence-corrected chi connectivity index (χ3v) is 3.86. The minimum absolute atomic E-state index is 0.167. The number of nitrogens with zero attached hydrogens (tertiary/aromatic N) is 1. The van der Waals surface area contributed by atoms with Gasteiger partial charge in [0.1, 0.15) is 5.76 Å². The summed E-state index contributed by atoms with van der Waals surface area (Å²) in [5, 5.41) is 8.54. The van der Waals surface area contributed by atoms with E-state index in [-0.39, 0.29) is 6.04 Å². The van der Waals surface area contributed by atoms with Gasteiger partial charge < -0.3 is 9.84 Å². The van der Waals surface area contributed by atoms with Gasteiger partial charge in [0, 0.05) is 18.2 Å². The van der Waals surface area contributed by atoms with E-state index in [1.807, 2.05) is 32.0 Å². The number of benzene rings is 1. The van der Waals surface area contributed by atoms with Crippen molar-refractivity contribution in [1.82, 2.24) is 10.5 Å². The molecule has 102 valence electrons. The van der Waals surface area contributed by atoms with Crippen LogP contribution in [0.2, 0.25) is 10.0 Å². The third kappa shape index (κ3) is 3.30. The molecule has 19 heavy (non-hydrogen) atoms. The zero-order valence-corrected chi connectivity index (χ0v) is 12.6. The monoisotopic (exact) mass is 298 g/mol. The number of rotatable bonds is 4. The molecule has 1 aromatic carbocycles. The van der Waals surface area contributed by atoms with Crippen LogP contribution in [0.4, 0.5) is 0 Å². The van der Waals surface area contributed by atoms with Gasteiger partial charge in [0.25, 0.3) is 0 Å². The molecule has 2 aromatic rings. The maximum Gasteiger partial charge on any atom is 0.138 e. The highest BCUT2D eigenvalue weighted by atomic mass is 35.5. The molecule has 0 fully saturated rings. The number of hydrogen-bond acceptors (Lipinski definition) is 3. The van der Waals surface area contributed by atoms with Gasteiger partial charge in [-0.2, -0.15) is 0 Å². The van der Waals surface area contributed by atoms with Crippen molar-refractivity contribution in [1.29, 1.82) is 0 Å². The lowest BCUT2D eigenvalue weighted by molar-refractivity contribution is 0.390. The number of halogens is 2. The highest BCUT2D eigenvalue weighted by Crippen LogP contribution is 2.24. The Balaban J connectivity index is 2.04. The summed E-state index contributed by atoms with van der Waals surface area (Å²) in [7, 11) is 0. The minimum atomic E-state index is 0.167. The zero-order chi connectivity index (χ0) is 14.0. The summed E-state index contributed by atoms with van der Waals surface area (Å²) in [5.74, 6) is 0.853. The lowest BCUT2D eigenvalue weighted by Gasteiger charge is -2.14. The molecule has 1 aromatic heterocycles. The fourth-order valence-electron chi connectivity index (χ4n) is 2.13. The molecule has 1 unspecified atom stereocenters. The highest BCUT2D eigenvalue weighted by molar-refractivity contribution is 6.42. The second-order valence-corrected chi connectivity index (χ2v) is 5.40. The molecule has 1 atom stereocenters. The molecule has 3 nitrogen and oxygen atoms in total. The molecule has 0 saturated carbocycles. The molecule has 0 amide bonds. The first kappa shape index (κ1) is 14.4. The van der Waals surface area contributed by atoms with Gasteiger partial charge in [-0.05, 0) is 38.5 Å². The van der Waals surface area contributed by atoms with Gasteiger partial charge >= 0.3 is 0 Å². The molecule has 1 N–H and O–H groups in total. The van der Waals surface area contributed by atoms with Crippen LogP contribution in [0.3, 0.4) is 0 Å². The Morgan fingerprint density at radius 3 is 2.58 bits per heavy atom. The van der Waals surface area contributed by atoms with Gasteiger partial charge in [0.15, 0.2) is 0 Å². The zero-order valence-electron chi connectivity index (χ0n) is 11.1. The van der Waals surface area contributed by atoms with Gasteiger partial charge in [0.05, 0.1) is 15.7 Å². The smallest absolute Gasteiger partial charge is 0.138 e. The average molecular weight is 299 g/mol. The average Bonchev–Trinajstić information content (AvgIpc) is 2.70. The molecule has 0 aliphatic heterocycles. The van der Waals surface area contributed by atoms with Crippen LogP contribution >= 0.6 is 23.2 Å². The summed E-state index contributed by atoms with van der Waals surface area (Å²) in [6.45, 7) is 6.67. The van der Waals surface area contributed by atoms with Crippen molar-refractivity contribution in [2.24, 2.45) is 0 Å². The summed E-state index contributed by atoms with van der Waals surface area (Å²) < 4.78 is 5.17. The fraction of sp³-hybridized carbons (Fsp3) is 0.357. The number of hydrogen-bond donors (Lipinski definition) is 1. The largest absolute Gasteiger partial charge is 0.361 e. The van der Waals surface area contributed by atoms with Gasteiger partial charge in [-0.1, -0.05) is 34.4 Å². The lowest BCUT2D eigenvalue weighted by Crippen LogP contribution is -2.19.